The molecular weight excluding hydrogens is 266 g/mol. The minimum absolute atomic E-state index is 0.0225. The average Bonchev–Trinajstić information content (AvgIpc) is 2.89. The molecule has 1 aromatic carbocycles. The number of nitrogens with one attached hydrogen (secondary N) is 1. The molecule has 0 radical (unpaired) electrons. The Morgan fingerprint density at radius 3 is 2.89 bits per heavy atom. The third-order valence-corrected chi connectivity index (χ3v) is 4.14. The molecule has 1 aliphatic heterocycles. The molecule has 5 nitrogen and oxygen atoms in total. The number of rotatable bonds is 5. The second kappa shape index (κ2) is 6.16. The van der Waals surface area contributed by atoms with Gasteiger partial charge in [0.1, 0.15) is 6.04 Å². The number of ether oxygens (including phenoxy) is 2. The highest BCUT2D eigenvalue weighted by molar-refractivity contribution is 7.99. The summed E-state index contributed by atoms with van der Waals surface area (Å²) >= 11 is 1.58. The van der Waals surface area contributed by atoms with Crippen molar-refractivity contribution in [2.24, 2.45) is 0 Å². The van der Waals surface area contributed by atoms with Crippen LogP contribution in [0.25, 0.3) is 0 Å². The molecule has 2 atom stereocenters. The van der Waals surface area contributed by atoms with Crippen molar-refractivity contribution in [3.63, 3.8) is 0 Å². The molecule has 104 valence electrons. The van der Waals surface area contributed by atoms with Crippen LogP contribution in [0, 0.1) is 0 Å². The first-order chi connectivity index (χ1) is 9.15. The van der Waals surface area contributed by atoms with Crippen LogP contribution in [-0.4, -0.2) is 36.6 Å². The molecule has 2 N–H and O–H groups in total. The van der Waals surface area contributed by atoms with E-state index in [1.807, 2.05) is 25.1 Å². The van der Waals surface area contributed by atoms with Gasteiger partial charge in [-0.05, 0) is 24.6 Å². The zero-order chi connectivity index (χ0) is 13.8. The first-order valence-electron chi connectivity index (χ1n) is 6.07. The number of aliphatic carboxylic acids is 1. The zero-order valence-electron chi connectivity index (χ0n) is 10.9. The van der Waals surface area contributed by atoms with Gasteiger partial charge in [0.15, 0.2) is 11.5 Å². The second-order valence-corrected chi connectivity index (χ2v) is 5.25. The van der Waals surface area contributed by atoms with Crippen molar-refractivity contribution in [1.29, 1.82) is 0 Å². The Hall–Kier alpha value is -1.40. The van der Waals surface area contributed by atoms with Crippen LogP contribution in [0.1, 0.15) is 17.9 Å². The quantitative estimate of drug-likeness (QED) is 0.860. The Bertz CT molecular complexity index is 466. The molecule has 0 saturated carbocycles. The van der Waals surface area contributed by atoms with Crippen molar-refractivity contribution in [2.45, 2.75) is 18.3 Å². The van der Waals surface area contributed by atoms with Crippen molar-refractivity contribution in [1.82, 2.24) is 5.32 Å². The van der Waals surface area contributed by atoms with Crippen molar-refractivity contribution in [2.75, 3.05) is 19.5 Å². The number of hydrogen-bond donors (Lipinski definition) is 2. The summed E-state index contributed by atoms with van der Waals surface area (Å²) < 4.78 is 10.8. The van der Waals surface area contributed by atoms with E-state index in [0.717, 1.165) is 5.56 Å². The number of carboxylic acids is 1. The maximum atomic E-state index is 10.9. The van der Waals surface area contributed by atoms with Crippen LogP contribution in [-0.2, 0) is 4.79 Å². The molecule has 1 heterocycles. The standard InChI is InChI=1S/C13H17NO4S/c1-3-18-10-5-4-8(6-11(10)17-2)12-14-9(7-19-12)13(15)16/h4-6,9,12,14H,3,7H2,1-2H3,(H,15,16)/t9-,12-/m1/s1. The summed E-state index contributed by atoms with van der Waals surface area (Å²) in [6.45, 7) is 2.49. The van der Waals surface area contributed by atoms with Crippen LogP contribution in [0.5, 0.6) is 11.5 Å². The van der Waals surface area contributed by atoms with E-state index >= 15 is 0 Å². The van der Waals surface area contributed by atoms with Crippen LogP contribution in [0.4, 0.5) is 0 Å². The SMILES string of the molecule is CCOc1ccc([C@@H]2N[C@@H](C(=O)O)CS2)cc1OC. The van der Waals surface area contributed by atoms with Gasteiger partial charge in [0.05, 0.1) is 19.1 Å². The lowest BCUT2D eigenvalue weighted by Gasteiger charge is -2.15. The maximum absolute atomic E-state index is 10.9. The van der Waals surface area contributed by atoms with E-state index in [1.54, 1.807) is 18.9 Å². The van der Waals surface area contributed by atoms with E-state index in [9.17, 15) is 4.79 Å². The fourth-order valence-corrected chi connectivity index (χ4v) is 3.15. The van der Waals surface area contributed by atoms with E-state index < -0.39 is 12.0 Å². The van der Waals surface area contributed by atoms with Crippen molar-refractivity contribution < 1.29 is 19.4 Å². The Balaban J connectivity index is 2.15. The first kappa shape index (κ1) is 14.0. The summed E-state index contributed by atoms with van der Waals surface area (Å²) in [6.07, 6.45) is 0. The maximum Gasteiger partial charge on any atom is 0.321 e. The van der Waals surface area contributed by atoms with Gasteiger partial charge < -0.3 is 14.6 Å². The minimum Gasteiger partial charge on any atom is -0.493 e. The Morgan fingerprint density at radius 1 is 1.53 bits per heavy atom. The summed E-state index contributed by atoms with van der Waals surface area (Å²) in [6, 6.07) is 5.18. The van der Waals surface area contributed by atoms with E-state index in [-0.39, 0.29) is 5.37 Å². The van der Waals surface area contributed by atoms with Crippen LogP contribution in [0.2, 0.25) is 0 Å². The molecule has 0 bridgehead atoms. The van der Waals surface area contributed by atoms with Crippen molar-refractivity contribution in [3.8, 4) is 11.5 Å². The van der Waals surface area contributed by atoms with Crippen LogP contribution < -0.4 is 14.8 Å². The van der Waals surface area contributed by atoms with Gasteiger partial charge in [0, 0.05) is 5.75 Å². The third kappa shape index (κ3) is 3.13. The monoisotopic (exact) mass is 283 g/mol. The normalized spacial score (nSPS) is 22.2. The van der Waals surface area contributed by atoms with E-state index in [0.29, 0.717) is 23.9 Å². The number of carboxylic acid groups (broad SMARTS) is 1. The van der Waals surface area contributed by atoms with Gasteiger partial charge in [0.25, 0.3) is 0 Å². The van der Waals surface area contributed by atoms with Gasteiger partial charge in [-0.15, -0.1) is 11.8 Å². The first-order valence-corrected chi connectivity index (χ1v) is 7.11. The predicted octanol–water partition coefficient (Wildman–Crippen LogP) is 1.88. The molecule has 6 heteroatoms. The number of carbonyl (C=O) groups is 1. The van der Waals surface area contributed by atoms with E-state index in [2.05, 4.69) is 5.32 Å². The van der Waals surface area contributed by atoms with Crippen LogP contribution >= 0.6 is 11.8 Å². The second-order valence-electron chi connectivity index (χ2n) is 4.11. The van der Waals surface area contributed by atoms with Crippen LogP contribution in [0.3, 0.4) is 0 Å². The molecule has 2 rings (SSSR count). The summed E-state index contributed by atoms with van der Waals surface area (Å²) in [5.74, 6) is 1.12. The van der Waals surface area contributed by atoms with Gasteiger partial charge in [-0.25, -0.2) is 0 Å². The molecule has 1 aromatic rings. The zero-order valence-corrected chi connectivity index (χ0v) is 11.7. The summed E-state index contributed by atoms with van der Waals surface area (Å²) in [4.78, 5) is 10.9. The highest BCUT2D eigenvalue weighted by Crippen LogP contribution is 2.37. The van der Waals surface area contributed by atoms with Crippen molar-refractivity contribution in [3.05, 3.63) is 23.8 Å². The Labute approximate surface area is 116 Å². The molecule has 1 saturated heterocycles. The molecule has 0 unspecified atom stereocenters. The van der Waals surface area contributed by atoms with Crippen molar-refractivity contribution >= 4 is 17.7 Å². The Kier molecular flexibility index (Phi) is 4.55. The average molecular weight is 283 g/mol. The van der Waals surface area contributed by atoms with Gasteiger partial charge in [-0.1, -0.05) is 6.07 Å². The predicted molar refractivity (Wildman–Crippen MR) is 73.9 cm³/mol. The van der Waals surface area contributed by atoms with E-state index in [4.69, 9.17) is 14.6 Å². The van der Waals surface area contributed by atoms with Gasteiger partial charge >= 0.3 is 5.97 Å². The molecule has 0 amide bonds. The highest BCUT2D eigenvalue weighted by atomic mass is 32.2. The highest BCUT2D eigenvalue weighted by Gasteiger charge is 2.30. The topological polar surface area (TPSA) is 67.8 Å². The summed E-state index contributed by atoms with van der Waals surface area (Å²) in [5, 5.41) is 12.0. The molecular formula is C13H17NO4S. The number of methoxy groups -OCH3 is 1. The van der Waals surface area contributed by atoms with Crippen LogP contribution in [0.15, 0.2) is 18.2 Å². The van der Waals surface area contributed by atoms with Gasteiger partial charge in [-0.3, -0.25) is 10.1 Å². The van der Waals surface area contributed by atoms with Gasteiger partial charge in [0.2, 0.25) is 0 Å². The number of benzene rings is 1. The molecule has 0 aliphatic carbocycles. The lowest BCUT2D eigenvalue weighted by Crippen LogP contribution is -2.33. The summed E-state index contributed by atoms with van der Waals surface area (Å²) in [7, 11) is 1.59. The Morgan fingerprint density at radius 2 is 2.32 bits per heavy atom. The number of thioether (sulfide) groups is 1. The smallest absolute Gasteiger partial charge is 0.321 e. The fraction of sp³-hybridized carbons (Fsp3) is 0.462. The molecule has 1 aliphatic rings. The summed E-state index contributed by atoms with van der Waals surface area (Å²) in [5.41, 5.74) is 0.994. The van der Waals surface area contributed by atoms with E-state index in [1.165, 1.54) is 0 Å². The fourth-order valence-electron chi connectivity index (χ4n) is 1.93. The molecule has 0 aromatic heterocycles. The third-order valence-electron chi connectivity index (χ3n) is 2.87. The number of hydrogen-bond acceptors (Lipinski definition) is 5. The lowest BCUT2D eigenvalue weighted by molar-refractivity contribution is -0.138. The largest absolute Gasteiger partial charge is 0.493 e. The molecule has 19 heavy (non-hydrogen) atoms. The molecule has 0 spiro atoms. The minimum atomic E-state index is -0.812. The lowest BCUT2D eigenvalue weighted by atomic mass is 10.2. The molecule has 1 fully saturated rings. The van der Waals surface area contributed by atoms with Gasteiger partial charge in [-0.2, -0.15) is 0 Å².